The standard InChI is InChI=1S/C28H32BF5O2/c30-22-21(23(31)25(33)26(34)24(22)32)20(16-17-10-4-1-5-11-17)29-35-27(18-12-6-2-7-13-18)28(36-29)19-14-8-3-9-15-19/h1,4-5,10-11,18-20,27-28H,2-3,6-9,12-16H2/t20-,27-,28-/m1/s1. The van der Waals surface area contributed by atoms with E-state index >= 15 is 8.78 Å². The first-order valence-electron chi connectivity index (χ1n) is 13.3. The van der Waals surface area contributed by atoms with E-state index in [0.29, 0.717) is 5.56 Å². The summed E-state index contributed by atoms with van der Waals surface area (Å²) < 4.78 is 85.6. The molecule has 0 amide bonds. The van der Waals surface area contributed by atoms with Crippen LogP contribution in [0.25, 0.3) is 0 Å². The van der Waals surface area contributed by atoms with Crippen molar-refractivity contribution in [1.82, 2.24) is 0 Å². The molecule has 2 nitrogen and oxygen atoms in total. The smallest absolute Gasteiger partial charge is 0.405 e. The van der Waals surface area contributed by atoms with Gasteiger partial charge in [-0.25, -0.2) is 22.0 Å². The number of hydrogen-bond acceptors (Lipinski definition) is 2. The maximum Gasteiger partial charge on any atom is 0.466 e. The molecule has 0 bridgehead atoms. The van der Waals surface area contributed by atoms with E-state index < -0.39 is 47.6 Å². The molecule has 0 aromatic heterocycles. The zero-order chi connectivity index (χ0) is 25.2. The summed E-state index contributed by atoms with van der Waals surface area (Å²) >= 11 is 0. The number of benzene rings is 2. The minimum atomic E-state index is -2.15. The van der Waals surface area contributed by atoms with Crippen LogP contribution in [0.15, 0.2) is 30.3 Å². The van der Waals surface area contributed by atoms with Crippen LogP contribution in [0.1, 0.15) is 81.2 Å². The molecule has 1 saturated heterocycles. The van der Waals surface area contributed by atoms with Gasteiger partial charge in [-0.1, -0.05) is 68.9 Å². The second-order valence-corrected chi connectivity index (χ2v) is 10.6. The van der Waals surface area contributed by atoms with Crippen molar-refractivity contribution >= 4 is 7.12 Å². The molecule has 0 radical (unpaired) electrons. The highest BCUT2D eigenvalue weighted by Gasteiger charge is 2.51. The molecule has 2 saturated carbocycles. The summed E-state index contributed by atoms with van der Waals surface area (Å²) in [6, 6.07) is 8.89. The zero-order valence-corrected chi connectivity index (χ0v) is 20.3. The molecule has 1 heterocycles. The van der Waals surface area contributed by atoms with Gasteiger partial charge in [-0.3, -0.25) is 0 Å². The lowest BCUT2D eigenvalue weighted by molar-refractivity contribution is 0.0324. The Bertz CT molecular complexity index is 985. The van der Waals surface area contributed by atoms with Crippen LogP contribution in [-0.4, -0.2) is 19.3 Å². The second-order valence-electron chi connectivity index (χ2n) is 10.6. The molecule has 194 valence electrons. The predicted molar refractivity (Wildman–Crippen MR) is 128 cm³/mol. The third-order valence-electron chi connectivity index (χ3n) is 8.38. The van der Waals surface area contributed by atoms with Crippen LogP contribution in [0.3, 0.4) is 0 Å². The Kier molecular flexibility index (Phi) is 8.01. The van der Waals surface area contributed by atoms with Crippen LogP contribution in [0.5, 0.6) is 0 Å². The van der Waals surface area contributed by atoms with Gasteiger partial charge >= 0.3 is 7.12 Å². The van der Waals surface area contributed by atoms with Crippen molar-refractivity contribution in [3.8, 4) is 0 Å². The first-order chi connectivity index (χ1) is 17.5. The highest BCUT2D eigenvalue weighted by Crippen LogP contribution is 2.44. The van der Waals surface area contributed by atoms with Crippen LogP contribution < -0.4 is 0 Å². The highest BCUT2D eigenvalue weighted by molar-refractivity contribution is 6.47. The van der Waals surface area contributed by atoms with E-state index in [1.807, 2.05) is 0 Å². The second kappa shape index (κ2) is 11.2. The summed E-state index contributed by atoms with van der Waals surface area (Å²) in [4.78, 5) is 0. The van der Waals surface area contributed by atoms with Gasteiger partial charge in [0, 0.05) is 11.4 Å². The Morgan fingerprint density at radius 2 is 1.08 bits per heavy atom. The first kappa shape index (κ1) is 25.7. The molecule has 3 fully saturated rings. The number of halogens is 5. The Morgan fingerprint density at radius 3 is 1.56 bits per heavy atom. The van der Waals surface area contributed by atoms with Crippen LogP contribution in [0, 0.1) is 40.9 Å². The first-order valence-corrected chi connectivity index (χ1v) is 13.3. The lowest BCUT2D eigenvalue weighted by Crippen LogP contribution is -2.38. The molecule has 5 rings (SSSR count). The molecule has 2 aromatic carbocycles. The van der Waals surface area contributed by atoms with Gasteiger partial charge < -0.3 is 9.31 Å². The van der Waals surface area contributed by atoms with Gasteiger partial charge in [0.1, 0.15) is 0 Å². The Hall–Kier alpha value is -1.93. The van der Waals surface area contributed by atoms with Crippen molar-refractivity contribution in [2.24, 2.45) is 11.8 Å². The van der Waals surface area contributed by atoms with Gasteiger partial charge in [-0.05, 0) is 49.5 Å². The van der Waals surface area contributed by atoms with Crippen molar-refractivity contribution in [1.29, 1.82) is 0 Å². The molecule has 3 atom stereocenters. The normalized spacial score (nSPS) is 24.9. The van der Waals surface area contributed by atoms with Crippen LogP contribution >= 0.6 is 0 Å². The van der Waals surface area contributed by atoms with E-state index in [1.54, 1.807) is 30.3 Å². The van der Waals surface area contributed by atoms with Gasteiger partial charge in [0.15, 0.2) is 23.3 Å². The third-order valence-corrected chi connectivity index (χ3v) is 8.38. The Labute approximate surface area is 209 Å². The molecule has 0 unspecified atom stereocenters. The SMILES string of the molecule is Fc1c(F)c(F)c([C@@H](Cc2ccccc2)B2O[C@H](C3CCCCC3)[C@@H](C3CCCCC3)O2)c(F)c1F. The summed E-state index contributed by atoms with van der Waals surface area (Å²) in [6.45, 7) is 0. The fourth-order valence-corrected chi connectivity index (χ4v) is 6.52. The lowest BCUT2D eigenvalue weighted by Gasteiger charge is -2.35. The minimum absolute atomic E-state index is 0.0264. The summed E-state index contributed by atoms with van der Waals surface area (Å²) in [5.74, 6) is -10.3. The van der Waals surface area contributed by atoms with Gasteiger partial charge in [-0.2, -0.15) is 0 Å². The summed E-state index contributed by atoms with van der Waals surface area (Å²) in [5, 5.41) is 0. The number of hydrogen-bond donors (Lipinski definition) is 0. The van der Waals surface area contributed by atoms with Gasteiger partial charge in [0.25, 0.3) is 0 Å². The summed E-state index contributed by atoms with van der Waals surface area (Å²) in [7, 11) is -1.10. The van der Waals surface area contributed by atoms with E-state index in [2.05, 4.69) is 0 Å². The van der Waals surface area contributed by atoms with Crippen molar-refractivity contribution < 1.29 is 31.3 Å². The van der Waals surface area contributed by atoms with Crippen LogP contribution in [0.4, 0.5) is 22.0 Å². The zero-order valence-electron chi connectivity index (χ0n) is 20.3. The van der Waals surface area contributed by atoms with Crippen LogP contribution in [0.2, 0.25) is 0 Å². The van der Waals surface area contributed by atoms with Crippen LogP contribution in [-0.2, 0) is 15.7 Å². The van der Waals surface area contributed by atoms with Gasteiger partial charge in [0.2, 0.25) is 5.82 Å². The molecule has 36 heavy (non-hydrogen) atoms. The highest BCUT2D eigenvalue weighted by atomic mass is 19.2. The maximum absolute atomic E-state index is 15.1. The van der Waals surface area contributed by atoms with E-state index in [-0.39, 0.29) is 30.5 Å². The van der Waals surface area contributed by atoms with Crippen molar-refractivity contribution in [3.63, 3.8) is 0 Å². The summed E-state index contributed by atoms with van der Waals surface area (Å²) in [6.07, 6.45) is 10.3. The Morgan fingerprint density at radius 1 is 0.639 bits per heavy atom. The molecule has 8 heteroatoms. The molecular formula is C28H32BF5O2. The van der Waals surface area contributed by atoms with Crippen molar-refractivity contribution in [3.05, 3.63) is 70.5 Å². The van der Waals surface area contributed by atoms with E-state index in [4.69, 9.17) is 9.31 Å². The number of rotatable bonds is 6. The fourth-order valence-electron chi connectivity index (χ4n) is 6.52. The predicted octanol–water partition coefficient (Wildman–Crippen LogP) is 7.68. The topological polar surface area (TPSA) is 18.5 Å². The molecule has 2 aromatic rings. The average molecular weight is 506 g/mol. The third kappa shape index (κ3) is 5.08. The van der Waals surface area contributed by atoms with Crippen molar-refractivity contribution in [2.75, 3.05) is 0 Å². The van der Waals surface area contributed by atoms with Crippen molar-refractivity contribution in [2.45, 2.75) is 88.7 Å². The monoisotopic (exact) mass is 506 g/mol. The quantitative estimate of drug-likeness (QED) is 0.173. The average Bonchev–Trinajstić information content (AvgIpc) is 3.37. The molecule has 0 N–H and O–H groups in total. The fraction of sp³-hybridized carbons (Fsp3) is 0.571. The molecular weight excluding hydrogens is 474 g/mol. The maximum atomic E-state index is 15.1. The Balaban J connectivity index is 1.53. The lowest BCUT2D eigenvalue weighted by atomic mass is 9.64. The van der Waals surface area contributed by atoms with E-state index in [1.165, 1.54) is 12.8 Å². The molecule has 1 aliphatic heterocycles. The minimum Gasteiger partial charge on any atom is -0.405 e. The van der Waals surface area contributed by atoms with Gasteiger partial charge in [-0.15, -0.1) is 0 Å². The van der Waals surface area contributed by atoms with E-state index in [9.17, 15) is 13.2 Å². The molecule has 2 aliphatic carbocycles. The van der Waals surface area contributed by atoms with Gasteiger partial charge in [0.05, 0.1) is 12.2 Å². The summed E-state index contributed by atoms with van der Waals surface area (Å²) in [5.41, 5.74) is -0.152. The molecule has 0 spiro atoms. The van der Waals surface area contributed by atoms with E-state index in [0.717, 1.165) is 51.4 Å². The largest absolute Gasteiger partial charge is 0.466 e. The molecule has 3 aliphatic rings.